The lowest BCUT2D eigenvalue weighted by molar-refractivity contribution is 0.325. The first kappa shape index (κ1) is 19.9. The molecule has 0 unspecified atom stereocenters. The van der Waals surface area contributed by atoms with Crippen LogP contribution >= 0.6 is 11.6 Å². The normalized spacial score (nSPS) is 11.1. The van der Waals surface area contributed by atoms with Crippen LogP contribution in [0.3, 0.4) is 0 Å². The van der Waals surface area contributed by atoms with Crippen LogP contribution in [0.5, 0.6) is 5.75 Å². The number of likely N-dealkylation sites (N-methyl/N-ethyl adjacent to an activating group) is 1. The lowest BCUT2D eigenvalue weighted by atomic mass is 10.3. The number of sulfonamides is 1. The second-order valence-electron chi connectivity index (χ2n) is 5.90. The van der Waals surface area contributed by atoms with E-state index in [0.29, 0.717) is 24.0 Å². The molecule has 1 aromatic carbocycles. The molecule has 0 fully saturated rings. The van der Waals surface area contributed by atoms with Crippen molar-refractivity contribution in [3.63, 3.8) is 0 Å². The predicted molar refractivity (Wildman–Crippen MR) is 109 cm³/mol. The van der Waals surface area contributed by atoms with Gasteiger partial charge in [-0.3, -0.25) is 4.72 Å². The highest BCUT2D eigenvalue weighted by molar-refractivity contribution is 7.92. The summed E-state index contributed by atoms with van der Waals surface area (Å²) in [7, 11) is -1.89. The van der Waals surface area contributed by atoms with E-state index < -0.39 is 10.0 Å². The SMILES string of the molecule is CN(CCOc1ccc(Cl)cc1)c1ccc(S(=O)(=O)Nc2ccccn2)cn1. The summed E-state index contributed by atoms with van der Waals surface area (Å²) in [6.45, 7) is 1.02. The largest absolute Gasteiger partial charge is 0.492 e. The molecule has 0 aliphatic heterocycles. The number of pyridine rings is 2. The molecule has 0 spiro atoms. The van der Waals surface area contributed by atoms with Gasteiger partial charge in [-0.25, -0.2) is 18.4 Å². The van der Waals surface area contributed by atoms with Crippen molar-refractivity contribution in [2.75, 3.05) is 29.8 Å². The highest BCUT2D eigenvalue weighted by atomic mass is 35.5. The van der Waals surface area contributed by atoms with E-state index in [-0.39, 0.29) is 10.7 Å². The molecule has 0 aliphatic rings. The summed E-state index contributed by atoms with van der Waals surface area (Å²) >= 11 is 5.84. The van der Waals surface area contributed by atoms with E-state index in [1.807, 2.05) is 11.9 Å². The zero-order chi connectivity index (χ0) is 20.0. The fraction of sp³-hybridized carbons (Fsp3) is 0.158. The fourth-order valence-corrected chi connectivity index (χ4v) is 3.40. The molecule has 2 heterocycles. The van der Waals surface area contributed by atoms with E-state index >= 15 is 0 Å². The number of hydrogen-bond acceptors (Lipinski definition) is 6. The standard InChI is InChI=1S/C19H19ClN4O3S/c1-24(12-13-27-16-7-5-15(20)6-8-16)19-10-9-17(14-22-19)28(25,26)23-18-4-2-3-11-21-18/h2-11,14H,12-13H2,1H3,(H,21,23). The number of rotatable bonds is 8. The Bertz CT molecular complexity index is 998. The van der Waals surface area contributed by atoms with Crippen LogP contribution in [0.1, 0.15) is 0 Å². The lowest BCUT2D eigenvalue weighted by Gasteiger charge is -2.18. The molecule has 3 aromatic rings. The highest BCUT2D eigenvalue weighted by Crippen LogP contribution is 2.17. The van der Waals surface area contributed by atoms with Gasteiger partial charge >= 0.3 is 0 Å². The van der Waals surface area contributed by atoms with Crippen LogP contribution < -0.4 is 14.4 Å². The average Bonchev–Trinajstić information content (AvgIpc) is 2.70. The molecular weight excluding hydrogens is 400 g/mol. The molecule has 146 valence electrons. The Morgan fingerprint density at radius 3 is 2.50 bits per heavy atom. The summed E-state index contributed by atoms with van der Waals surface area (Å²) in [5.74, 6) is 1.62. The van der Waals surface area contributed by atoms with Crippen LogP contribution in [0.25, 0.3) is 0 Å². The maximum Gasteiger partial charge on any atom is 0.264 e. The van der Waals surface area contributed by atoms with Crippen molar-refractivity contribution in [3.8, 4) is 5.75 Å². The smallest absolute Gasteiger partial charge is 0.264 e. The highest BCUT2D eigenvalue weighted by Gasteiger charge is 2.15. The van der Waals surface area contributed by atoms with Gasteiger partial charge in [0.15, 0.2) is 0 Å². The van der Waals surface area contributed by atoms with E-state index in [4.69, 9.17) is 16.3 Å². The van der Waals surface area contributed by atoms with E-state index in [2.05, 4.69) is 14.7 Å². The summed E-state index contributed by atoms with van der Waals surface area (Å²) in [4.78, 5) is 10.1. The summed E-state index contributed by atoms with van der Waals surface area (Å²) in [6, 6.07) is 15.3. The molecule has 0 saturated heterocycles. The molecule has 9 heteroatoms. The summed E-state index contributed by atoms with van der Waals surface area (Å²) in [5.41, 5.74) is 0. The number of nitrogens with one attached hydrogen (secondary N) is 1. The minimum atomic E-state index is -3.74. The zero-order valence-electron chi connectivity index (χ0n) is 15.1. The Hall–Kier alpha value is -2.84. The lowest BCUT2D eigenvalue weighted by Crippen LogP contribution is -2.24. The summed E-state index contributed by atoms with van der Waals surface area (Å²) < 4.78 is 32.9. The Balaban J connectivity index is 1.57. The van der Waals surface area contributed by atoms with Gasteiger partial charge in [-0.05, 0) is 48.5 Å². The predicted octanol–water partition coefficient (Wildman–Crippen LogP) is 3.45. The Morgan fingerprint density at radius 2 is 1.86 bits per heavy atom. The van der Waals surface area contributed by atoms with Crippen LogP contribution in [0.15, 0.2) is 71.9 Å². The average molecular weight is 419 g/mol. The third-order valence-electron chi connectivity index (χ3n) is 3.84. The molecule has 0 saturated carbocycles. The molecule has 28 heavy (non-hydrogen) atoms. The molecule has 0 aliphatic carbocycles. The van der Waals surface area contributed by atoms with Crippen molar-refractivity contribution in [3.05, 3.63) is 72.0 Å². The first-order valence-corrected chi connectivity index (χ1v) is 10.3. The molecule has 1 N–H and O–H groups in total. The molecule has 7 nitrogen and oxygen atoms in total. The minimum Gasteiger partial charge on any atom is -0.492 e. The second-order valence-corrected chi connectivity index (χ2v) is 8.02. The van der Waals surface area contributed by atoms with Crippen molar-refractivity contribution in [2.24, 2.45) is 0 Å². The van der Waals surface area contributed by atoms with Gasteiger partial charge in [0.25, 0.3) is 10.0 Å². The van der Waals surface area contributed by atoms with Gasteiger partial charge in [-0.15, -0.1) is 0 Å². The molecule has 0 radical (unpaired) electrons. The topological polar surface area (TPSA) is 84.4 Å². The van der Waals surface area contributed by atoms with E-state index in [9.17, 15) is 8.42 Å². The number of hydrogen-bond donors (Lipinski definition) is 1. The maximum absolute atomic E-state index is 12.4. The Morgan fingerprint density at radius 1 is 1.07 bits per heavy atom. The van der Waals surface area contributed by atoms with E-state index in [1.165, 1.54) is 18.5 Å². The maximum atomic E-state index is 12.4. The van der Waals surface area contributed by atoms with Crippen LogP contribution in [-0.4, -0.2) is 38.6 Å². The third kappa shape index (κ3) is 5.34. The van der Waals surface area contributed by atoms with E-state index in [1.54, 1.807) is 48.5 Å². The van der Waals surface area contributed by atoms with Crippen LogP contribution in [-0.2, 0) is 10.0 Å². The number of aromatic nitrogens is 2. The second kappa shape index (κ2) is 8.90. The first-order chi connectivity index (χ1) is 13.4. The fourth-order valence-electron chi connectivity index (χ4n) is 2.32. The zero-order valence-corrected chi connectivity index (χ0v) is 16.7. The first-order valence-electron chi connectivity index (χ1n) is 8.43. The van der Waals surface area contributed by atoms with Gasteiger partial charge in [-0.1, -0.05) is 17.7 Å². The van der Waals surface area contributed by atoms with Gasteiger partial charge in [0.05, 0.1) is 6.54 Å². The van der Waals surface area contributed by atoms with Gasteiger partial charge in [0.1, 0.15) is 28.9 Å². The number of halogens is 1. The molecule has 0 atom stereocenters. The van der Waals surface area contributed by atoms with Crippen molar-refractivity contribution in [1.82, 2.24) is 9.97 Å². The Kier molecular flexibility index (Phi) is 6.33. The number of ether oxygens (including phenoxy) is 1. The van der Waals surface area contributed by atoms with Gasteiger partial charge in [0, 0.05) is 24.5 Å². The van der Waals surface area contributed by atoms with Crippen molar-refractivity contribution in [1.29, 1.82) is 0 Å². The van der Waals surface area contributed by atoms with Gasteiger partial charge < -0.3 is 9.64 Å². The van der Waals surface area contributed by atoms with Crippen molar-refractivity contribution in [2.45, 2.75) is 4.90 Å². The number of anilines is 2. The minimum absolute atomic E-state index is 0.0627. The summed E-state index contributed by atoms with van der Waals surface area (Å²) in [5, 5.41) is 0.654. The van der Waals surface area contributed by atoms with Gasteiger partial charge in [-0.2, -0.15) is 0 Å². The quantitative estimate of drug-likeness (QED) is 0.603. The van der Waals surface area contributed by atoms with Crippen LogP contribution in [0.2, 0.25) is 5.02 Å². The van der Waals surface area contributed by atoms with Crippen molar-refractivity contribution >= 4 is 33.3 Å². The van der Waals surface area contributed by atoms with Crippen LogP contribution in [0.4, 0.5) is 11.6 Å². The monoisotopic (exact) mass is 418 g/mol. The van der Waals surface area contributed by atoms with Crippen molar-refractivity contribution < 1.29 is 13.2 Å². The van der Waals surface area contributed by atoms with E-state index in [0.717, 1.165) is 5.75 Å². The molecule has 0 bridgehead atoms. The molecule has 3 rings (SSSR count). The Labute approximate surface area is 169 Å². The number of nitrogens with zero attached hydrogens (tertiary/aromatic N) is 3. The molecular formula is C19H19ClN4O3S. The number of benzene rings is 1. The molecule has 0 amide bonds. The summed E-state index contributed by atoms with van der Waals surface area (Å²) in [6.07, 6.45) is 2.83. The molecule has 2 aromatic heterocycles. The van der Waals surface area contributed by atoms with Gasteiger partial charge in [0.2, 0.25) is 0 Å². The third-order valence-corrected chi connectivity index (χ3v) is 5.43. The van der Waals surface area contributed by atoms with Crippen LogP contribution in [0, 0.1) is 0 Å².